The molecule has 1 aliphatic heterocycles. The maximum absolute atomic E-state index is 13.9. The number of hydrogen-bond donors (Lipinski definition) is 1. The number of benzene rings is 1. The quantitative estimate of drug-likeness (QED) is 0.920. The molecular weight excluding hydrogens is 259 g/mol. The van der Waals surface area contributed by atoms with Crippen LogP contribution in [-0.4, -0.2) is 28.6 Å². The van der Waals surface area contributed by atoms with E-state index in [0.29, 0.717) is 24.4 Å². The minimum absolute atomic E-state index is 0.265. The highest BCUT2D eigenvalue weighted by Crippen LogP contribution is 2.25. The van der Waals surface area contributed by atoms with E-state index in [1.165, 1.54) is 6.07 Å². The fourth-order valence-corrected chi connectivity index (χ4v) is 2.60. The Morgan fingerprint density at radius 1 is 1.60 bits per heavy atom. The van der Waals surface area contributed by atoms with Gasteiger partial charge in [0.1, 0.15) is 11.9 Å². The van der Waals surface area contributed by atoms with Gasteiger partial charge in [-0.2, -0.15) is 5.26 Å². The molecule has 1 aromatic rings. The first-order valence-electron chi connectivity index (χ1n) is 6.66. The molecule has 1 N–H and O–H groups in total. The fourth-order valence-electron chi connectivity index (χ4n) is 2.60. The number of nitrogens with zero attached hydrogens (tertiary/aromatic N) is 2. The summed E-state index contributed by atoms with van der Waals surface area (Å²) in [6, 6.07) is 5.63. The molecule has 2 atom stereocenters. The average Bonchev–Trinajstić information content (AvgIpc) is 2.42. The smallest absolute Gasteiger partial charge is 0.320 e. The van der Waals surface area contributed by atoms with Crippen molar-refractivity contribution in [1.29, 1.82) is 5.26 Å². The van der Waals surface area contributed by atoms with Crippen LogP contribution in [0.5, 0.6) is 0 Å². The van der Waals surface area contributed by atoms with Crippen LogP contribution in [0, 0.1) is 23.1 Å². The lowest BCUT2D eigenvalue weighted by Gasteiger charge is -2.36. The highest BCUT2D eigenvalue weighted by atomic mass is 19.1. The molecule has 4 nitrogen and oxygen atoms in total. The minimum atomic E-state index is -0.856. The van der Waals surface area contributed by atoms with E-state index in [-0.39, 0.29) is 12.1 Å². The third-order valence-electron chi connectivity index (χ3n) is 3.82. The summed E-state index contributed by atoms with van der Waals surface area (Å²) in [7, 11) is 0. The molecule has 0 aromatic heterocycles. The third kappa shape index (κ3) is 3.14. The van der Waals surface area contributed by atoms with Crippen molar-refractivity contribution >= 4 is 5.97 Å². The van der Waals surface area contributed by atoms with Crippen molar-refractivity contribution < 1.29 is 14.3 Å². The Hall–Kier alpha value is -1.93. The van der Waals surface area contributed by atoms with Gasteiger partial charge in [-0.15, -0.1) is 0 Å². The molecule has 5 heteroatoms. The lowest BCUT2D eigenvalue weighted by molar-refractivity contribution is -0.145. The lowest BCUT2D eigenvalue weighted by Crippen LogP contribution is -2.46. The number of aliphatic carboxylic acids is 1. The number of carboxylic acid groups (broad SMARTS) is 1. The van der Waals surface area contributed by atoms with Crippen molar-refractivity contribution in [3.8, 4) is 6.07 Å². The number of carbonyl (C=O) groups is 1. The largest absolute Gasteiger partial charge is 0.480 e. The highest BCUT2D eigenvalue weighted by Gasteiger charge is 2.31. The number of hydrogen-bond acceptors (Lipinski definition) is 3. The second kappa shape index (κ2) is 6.02. The van der Waals surface area contributed by atoms with Crippen LogP contribution in [0.1, 0.15) is 30.9 Å². The van der Waals surface area contributed by atoms with Gasteiger partial charge in [-0.05, 0) is 37.4 Å². The monoisotopic (exact) mass is 276 g/mol. The SMILES string of the molecule is CC1CCN(Cc2ccc(C#N)cc2F)C(C(=O)O)C1. The van der Waals surface area contributed by atoms with Crippen molar-refractivity contribution in [3.05, 3.63) is 35.1 Å². The first-order chi connectivity index (χ1) is 9.51. The zero-order valence-corrected chi connectivity index (χ0v) is 11.3. The van der Waals surface area contributed by atoms with E-state index < -0.39 is 17.8 Å². The molecule has 0 amide bonds. The van der Waals surface area contributed by atoms with Gasteiger partial charge in [0.25, 0.3) is 0 Å². The van der Waals surface area contributed by atoms with Crippen LogP contribution >= 0.6 is 0 Å². The molecule has 20 heavy (non-hydrogen) atoms. The van der Waals surface area contributed by atoms with Crippen LogP contribution in [0.2, 0.25) is 0 Å². The summed E-state index contributed by atoms with van der Waals surface area (Å²) < 4.78 is 13.9. The Morgan fingerprint density at radius 3 is 2.95 bits per heavy atom. The summed E-state index contributed by atoms with van der Waals surface area (Å²) in [5, 5.41) is 18.0. The van der Waals surface area contributed by atoms with Gasteiger partial charge >= 0.3 is 5.97 Å². The second-order valence-electron chi connectivity index (χ2n) is 5.37. The van der Waals surface area contributed by atoms with Crippen molar-refractivity contribution in [1.82, 2.24) is 4.90 Å². The molecule has 1 aliphatic rings. The Kier molecular flexibility index (Phi) is 4.35. The molecule has 106 valence electrons. The number of nitriles is 1. The molecular formula is C15H17FN2O2. The molecule has 1 aromatic carbocycles. The van der Waals surface area contributed by atoms with Crippen LogP contribution < -0.4 is 0 Å². The Labute approximate surface area is 117 Å². The van der Waals surface area contributed by atoms with Gasteiger partial charge in [0.15, 0.2) is 0 Å². The number of piperidine rings is 1. The van der Waals surface area contributed by atoms with Gasteiger partial charge in [0.05, 0.1) is 11.6 Å². The van der Waals surface area contributed by atoms with Crippen LogP contribution in [0.3, 0.4) is 0 Å². The number of likely N-dealkylation sites (tertiary alicyclic amines) is 1. The van der Waals surface area contributed by atoms with Gasteiger partial charge in [-0.25, -0.2) is 4.39 Å². The summed E-state index contributed by atoms with van der Waals surface area (Å²) in [4.78, 5) is 13.1. The van der Waals surface area contributed by atoms with Crippen LogP contribution in [-0.2, 0) is 11.3 Å². The molecule has 1 saturated heterocycles. The zero-order valence-electron chi connectivity index (χ0n) is 11.3. The summed E-state index contributed by atoms with van der Waals surface area (Å²) in [6.07, 6.45) is 1.51. The molecule has 0 bridgehead atoms. The first kappa shape index (κ1) is 14.5. The molecule has 2 unspecified atom stereocenters. The summed E-state index contributed by atoms with van der Waals surface area (Å²) in [5.41, 5.74) is 0.707. The predicted molar refractivity (Wildman–Crippen MR) is 71.3 cm³/mol. The van der Waals surface area contributed by atoms with Crippen molar-refractivity contribution in [2.75, 3.05) is 6.54 Å². The fraction of sp³-hybridized carbons (Fsp3) is 0.467. The predicted octanol–water partition coefficient (Wildman–Crippen LogP) is 2.38. The molecule has 0 saturated carbocycles. The zero-order chi connectivity index (χ0) is 14.7. The van der Waals surface area contributed by atoms with E-state index >= 15 is 0 Å². The molecule has 0 radical (unpaired) electrons. The average molecular weight is 276 g/mol. The number of carboxylic acids is 1. The van der Waals surface area contributed by atoms with E-state index in [1.54, 1.807) is 17.0 Å². The van der Waals surface area contributed by atoms with E-state index in [4.69, 9.17) is 5.26 Å². The maximum atomic E-state index is 13.9. The minimum Gasteiger partial charge on any atom is -0.480 e. The lowest BCUT2D eigenvalue weighted by atomic mass is 9.92. The molecule has 1 fully saturated rings. The Balaban J connectivity index is 2.16. The Morgan fingerprint density at radius 2 is 2.35 bits per heavy atom. The molecule has 1 heterocycles. The van der Waals surface area contributed by atoms with Gasteiger partial charge in [-0.3, -0.25) is 9.69 Å². The normalized spacial score (nSPS) is 23.2. The number of rotatable bonds is 3. The molecule has 0 aliphatic carbocycles. The first-order valence-corrected chi connectivity index (χ1v) is 6.66. The van der Waals surface area contributed by atoms with E-state index in [9.17, 15) is 14.3 Å². The van der Waals surface area contributed by atoms with Gasteiger partial charge in [0, 0.05) is 12.1 Å². The third-order valence-corrected chi connectivity index (χ3v) is 3.82. The number of halogens is 1. The Bertz CT molecular complexity index is 553. The van der Waals surface area contributed by atoms with Gasteiger partial charge < -0.3 is 5.11 Å². The van der Waals surface area contributed by atoms with Gasteiger partial charge in [0.2, 0.25) is 0 Å². The van der Waals surface area contributed by atoms with Crippen molar-refractivity contribution in [2.24, 2.45) is 5.92 Å². The van der Waals surface area contributed by atoms with E-state index in [2.05, 4.69) is 0 Å². The second-order valence-corrected chi connectivity index (χ2v) is 5.37. The van der Waals surface area contributed by atoms with Crippen LogP contribution in [0.25, 0.3) is 0 Å². The van der Waals surface area contributed by atoms with Crippen molar-refractivity contribution in [3.63, 3.8) is 0 Å². The van der Waals surface area contributed by atoms with Crippen LogP contribution in [0.15, 0.2) is 18.2 Å². The van der Waals surface area contributed by atoms with E-state index in [0.717, 1.165) is 6.42 Å². The van der Waals surface area contributed by atoms with E-state index in [1.807, 2.05) is 13.0 Å². The maximum Gasteiger partial charge on any atom is 0.320 e. The standard InChI is InChI=1S/C15H17FN2O2/c1-10-4-5-18(14(6-10)15(19)20)9-12-3-2-11(8-17)7-13(12)16/h2-3,7,10,14H,4-6,9H2,1H3,(H,19,20). The summed E-state index contributed by atoms with van der Waals surface area (Å²) >= 11 is 0. The van der Waals surface area contributed by atoms with Crippen molar-refractivity contribution in [2.45, 2.75) is 32.4 Å². The summed E-state index contributed by atoms with van der Waals surface area (Å²) in [5.74, 6) is -0.935. The topological polar surface area (TPSA) is 64.3 Å². The summed E-state index contributed by atoms with van der Waals surface area (Å²) in [6.45, 7) is 2.95. The highest BCUT2D eigenvalue weighted by molar-refractivity contribution is 5.73. The van der Waals surface area contributed by atoms with Crippen LogP contribution in [0.4, 0.5) is 4.39 Å². The van der Waals surface area contributed by atoms with Gasteiger partial charge in [-0.1, -0.05) is 13.0 Å². The molecule has 0 spiro atoms. The molecule has 2 rings (SSSR count).